The van der Waals surface area contributed by atoms with Gasteiger partial charge in [0.25, 0.3) is 0 Å². The van der Waals surface area contributed by atoms with Gasteiger partial charge in [-0.3, -0.25) is 0 Å². The van der Waals surface area contributed by atoms with E-state index in [2.05, 4.69) is 57.2 Å². The Hall–Kier alpha value is -3.64. The number of anilines is 3. The van der Waals surface area contributed by atoms with E-state index in [-0.39, 0.29) is 10.5 Å². The van der Waals surface area contributed by atoms with Crippen LogP contribution in [0.2, 0.25) is 18.1 Å². The second kappa shape index (κ2) is 11.7. The van der Waals surface area contributed by atoms with E-state index in [1.807, 2.05) is 10.9 Å². The number of fused-ring (bicyclic) bond motifs is 1. The lowest BCUT2D eigenvalue weighted by molar-refractivity contribution is 0.219. The Balaban J connectivity index is 1.66. The van der Waals surface area contributed by atoms with Crippen molar-refractivity contribution in [1.29, 1.82) is 0 Å². The molecule has 0 fully saturated rings. The van der Waals surface area contributed by atoms with Crippen LogP contribution in [0.1, 0.15) is 33.3 Å². The first-order chi connectivity index (χ1) is 19.4. The number of nitrogens with one attached hydrogen (secondary N) is 1. The summed E-state index contributed by atoms with van der Waals surface area (Å²) in [6.45, 7) is 14.5. The lowest BCUT2D eigenvalue weighted by Gasteiger charge is -2.39. The summed E-state index contributed by atoms with van der Waals surface area (Å²) in [5.74, 6) is 2.69. The maximum absolute atomic E-state index is 11.4. The fourth-order valence-electron chi connectivity index (χ4n) is 4.55. The number of aromatic nitrogens is 3. The molecule has 1 unspecified atom stereocenters. The van der Waals surface area contributed by atoms with Gasteiger partial charge in [-0.15, -0.1) is 0 Å². The molecular formula is C29H39BN5O5Si. The molecule has 0 saturated carbocycles. The second-order valence-corrected chi connectivity index (χ2v) is 16.7. The standard InChI is InChI=1S/C29H39BN5O5Si/c1-28(2,3)41(8,9)40-17-29(4)16-35(30-18-36)26-21(29)12-19(15-32-26)22-10-11-31-27(34-22)33-20-13-23(37-5)25(39-7)24(14-20)38-6/h10-15,18H,16-17H2,1-9H3,(H,31,33,34). The summed E-state index contributed by atoms with van der Waals surface area (Å²) in [7, 11) is 4.23. The summed E-state index contributed by atoms with van der Waals surface area (Å²) in [5.41, 5.74) is 2.88. The van der Waals surface area contributed by atoms with Crippen LogP contribution in [0, 0.1) is 0 Å². The van der Waals surface area contributed by atoms with E-state index < -0.39 is 8.32 Å². The Morgan fingerprint density at radius 1 is 1.10 bits per heavy atom. The lowest BCUT2D eigenvalue weighted by Crippen LogP contribution is -2.46. The maximum Gasteiger partial charge on any atom is 0.330 e. The van der Waals surface area contributed by atoms with Gasteiger partial charge in [0.15, 0.2) is 19.8 Å². The Bertz CT molecular complexity index is 1390. The van der Waals surface area contributed by atoms with Gasteiger partial charge in [0.05, 0.1) is 27.0 Å². The molecule has 0 aliphatic carbocycles. The zero-order chi connectivity index (χ0) is 30.0. The number of nitrogens with zero attached hydrogens (tertiary/aromatic N) is 4. The van der Waals surface area contributed by atoms with Crippen molar-refractivity contribution in [1.82, 2.24) is 15.0 Å². The Labute approximate surface area is 244 Å². The van der Waals surface area contributed by atoms with Gasteiger partial charge in [-0.05, 0) is 30.3 Å². The van der Waals surface area contributed by atoms with Crippen LogP contribution < -0.4 is 24.3 Å². The molecule has 1 aliphatic rings. The fraction of sp³-hybridized carbons (Fsp3) is 0.448. The van der Waals surface area contributed by atoms with Crippen molar-refractivity contribution in [2.75, 3.05) is 44.6 Å². The van der Waals surface area contributed by atoms with Gasteiger partial charge < -0.3 is 33.6 Å². The van der Waals surface area contributed by atoms with Crippen LogP contribution in [0.3, 0.4) is 0 Å². The minimum Gasteiger partial charge on any atom is -0.493 e. The minimum absolute atomic E-state index is 0.0851. The molecule has 1 N–H and O–H groups in total. The third kappa shape index (κ3) is 6.18. The van der Waals surface area contributed by atoms with Gasteiger partial charge in [0.1, 0.15) is 12.0 Å². The molecule has 10 nitrogen and oxygen atoms in total. The Kier molecular flexibility index (Phi) is 8.65. The zero-order valence-electron chi connectivity index (χ0n) is 25.4. The summed E-state index contributed by atoms with van der Waals surface area (Å²) < 4.78 is 23.0. The molecule has 1 radical (unpaired) electrons. The number of rotatable bonds is 11. The summed E-state index contributed by atoms with van der Waals surface area (Å²) in [6.07, 6.45) is 4.27. The normalized spacial score (nSPS) is 16.7. The van der Waals surface area contributed by atoms with Gasteiger partial charge in [-0.2, -0.15) is 0 Å². The highest BCUT2D eigenvalue weighted by Gasteiger charge is 2.44. The third-order valence-corrected chi connectivity index (χ3v) is 12.5. The highest BCUT2D eigenvalue weighted by molar-refractivity contribution is 6.74. The Morgan fingerprint density at radius 2 is 1.78 bits per heavy atom. The minimum atomic E-state index is -2.00. The van der Waals surface area contributed by atoms with E-state index in [0.29, 0.717) is 47.7 Å². The topological polar surface area (TPSA) is 108 Å². The predicted octanol–water partition coefficient (Wildman–Crippen LogP) is 5.22. The first-order valence-corrected chi connectivity index (χ1v) is 16.4. The van der Waals surface area contributed by atoms with Crippen molar-refractivity contribution in [2.45, 2.75) is 51.2 Å². The van der Waals surface area contributed by atoms with Crippen LogP contribution in [0.4, 0.5) is 17.5 Å². The number of carbonyl (C=O) groups is 1. The highest BCUT2D eigenvalue weighted by atomic mass is 28.4. The number of carbonyl (C=O) groups excluding carboxylic acids is 1. The number of ether oxygens (including phenoxy) is 3. The molecular weight excluding hydrogens is 537 g/mol. The lowest BCUT2D eigenvalue weighted by atomic mass is 9.85. The van der Waals surface area contributed by atoms with E-state index in [1.165, 1.54) is 7.41 Å². The first kappa shape index (κ1) is 30.3. The van der Waals surface area contributed by atoms with Crippen LogP contribution in [-0.2, 0) is 14.6 Å². The molecule has 0 amide bonds. The molecule has 3 aromatic rings. The van der Waals surface area contributed by atoms with Crippen molar-refractivity contribution in [2.24, 2.45) is 0 Å². The first-order valence-electron chi connectivity index (χ1n) is 13.5. The molecule has 0 spiro atoms. The molecule has 0 bridgehead atoms. The molecule has 217 valence electrons. The molecule has 1 atom stereocenters. The van der Waals surface area contributed by atoms with Gasteiger partial charge in [-0.1, -0.05) is 27.7 Å². The highest BCUT2D eigenvalue weighted by Crippen LogP contribution is 2.44. The second-order valence-electron chi connectivity index (χ2n) is 11.9. The van der Waals surface area contributed by atoms with Crippen molar-refractivity contribution >= 4 is 39.4 Å². The molecule has 2 aromatic heterocycles. The van der Waals surface area contributed by atoms with Crippen molar-refractivity contribution < 1.29 is 23.4 Å². The van der Waals surface area contributed by atoms with Crippen molar-refractivity contribution in [3.63, 3.8) is 0 Å². The molecule has 4 rings (SSSR count). The van der Waals surface area contributed by atoms with Crippen LogP contribution in [0.5, 0.6) is 17.2 Å². The fourth-order valence-corrected chi connectivity index (χ4v) is 5.66. The van der Waals surface area contributed by atoms with Gasteiger partial charge in [0.2, 0.25) is 11.7 Å². The molecule has 0 saturated heterocycles. The monoisotopic (exact) mass is 576 g/mol. The molecule has 3 heterocycles. The summed E-state index contributed by atoms with van der Waals surface area (Å²) in [6, 6.07) is 7.53. The van der Waals surface area contributed by atoms with Gasteiger partial charge in [0, 0.05) is 59.9 Å². The summed E-state index contributed by atoms with van der Waals surface area (Å²) in [5, 5.41) is 3.32. The van der Waals surface area contributed by atoms with Gasteiger partial charge >= 0.3 is 7.41 Å². The SMILES string of the molecule is COc1cc(Nc2nccc(-c3cnc4c(c3)C(C)(CO[Si](C)(C)C(C)(C)C)CN4[B]C=O)n2)cc(OC)c1OC. The van der Waals surface area contributed by atoms with E-state index >= 15 is 0 Å². The predicted molar refractivity (Wildman–Crippen MR) is 165 cm³/mol. The van der Waals surface area contributed by atoms with E-state index in [0.717, 1.165) is 23.1 Å². The molecule has 12 heteroatoms. The van der Waals surface area contributed by atoms with Crippen LogP contribution >= 0.6 is 0 Å². The zero-order valence-corrected chi connectivity index (χ0v) is 26.4. The van der Waals surface area contributed by atoms with Gasteiger partial charge in [-0.25, -0.2) is 15.0 Å². The number of pyridine rings is 1. The number of methoxy groups -OCH3 is 3. The molecule has 41 heavy (non-hydrogen) atoms. The van der Waals surface area contributed by atoms with Crippen LogP contribution in [0.25, 0.3) is 11.3 Å². The summed E-state index contributed by atoms with van der Waals surface area (Å²) in [4.78, 5) is 27.3. The van der Waals surface area contributed by atoms with Crippen LogP contribution in [0.15, 0.2) is 36.7 Å². The Morgan fingerprint density at radius 3 is 2.37 bits per heavy atom. The van der Waals surface area contributed by atoms with E-state index in [1.54, 1.807) is 45.9 Å². The molecule has 1 aliphatic heterocycles. The quantitative estimate of drug-likeness (QED) is 0.241. The molecule has 1 aromatic carbocycles. The number of hydrogen-bond acceptors (Lipinski definition) is 10. The largest absolute Gasteiger partial charge is 0.493 e. The van der Waals surface area contributed by atoms with Crippen molar-refractivity contribution in [3.8, 4) is 28.5 Å². The van der Waals surface area contributed by atoms with Crippen molar-refractivity contribution in [3.05, 3.63) is 42.2 Å². The summed E-state index contributed by atoms with van der Waals surface area (Å²) >= 11 is 0. The van der Waals surface area contributed by atoms with E-state index in [9.17, 15) is 4.79 Å². The van der Waals surface area contributed by atoms with Crippen LogP contribution in [-0.4, -0.2) is 71.4 Å². The maximum atomic E-state index is 11.4. The smallest absolute Gasteiger partial charge is 0.330 e. The third-order valence-electron chi connectivity index (χ3n) is 7.98. The number of benzene rings is 1. The average molecular weight is 577 g/mol. The number of hydrogen-bond donors (Lipinski definition) is 1. The average Bonchev–Trinajstić information content (AvgIpc) is 3.22. The van der Waals surface area contributed by atoms with E-state index in [4.69, 9.17) is 28.6 Å².